The van der Waals surface area contributed by atoms with Crippen molar-refractivity contribution in [3.8, 4) is 6.07 Å². The molecule has 37 heavy (non-hydrogen) atoms. The fourth-order valence-corrected chi connectivity index (χ4v) is 5.64. The van der Waals surface area contributed by atoms with Crippen LogP contribution < -0.4 is 0 Å². The molecule has 0 saturated heterocycles. The molecule has 1 aliphatic heterocycles. The maximum Gasteiger partial charge on any atom is 0.338 e. The average molecular weight is 504 g/mol. The Morgan fingerprint density at radius 1 is 1.35 bits per heavy atom. The summed E-state index contributed by atoms with van der Waals surface area (Å²) in [5.41, 5.74) is 1.39. The molecule has 2 aliphatic rings. The second kappa shape index (κ2) is 9.92. The SMILES string of the molecule is Cc1cnc2nc(CC3=C(O)CC(CCc4ccc(C(C)C#N)c(F)c4)(C4CCCC4)OC3=O)nn2c1. The predicted octanol–water partition coefficient (Wildman–Crippen LogP) is 5.06. The molecule has 0 spiro atoms. The molecule has 9 heteroatoms. The highest BCUT2D eigenvalue weighted by atomic mass is 19.1. The second-order valence-corrected chi connectivity index (χ2v) is 10.3. The fourth-order valence-electron chi connectivity index (χ4n) is 5.64. The maximum absolute atomic E-state index is 14.6. The first-order valence-corrected chi connectivity index (χ1v) is 12.8. The van der Waals surface area contributed by atoms with Crippen molar-refractivity contribution in [2.75, 3.05) is 0 Å². The maximum atomic E-state index is 14.6. The summed E-state index contributed by atoms with van der Waals surface area (Å²) in [6.07, 6.45) is 8.67. The molecule has 1 aliphatic carbocycles. The summed E-state index contributed by atoms with van der Waals surface area (Å²) in [7, 11) is 0. The Balaban J connectivity index is 1.38. The lowest BCUT2D eigenvalue weighted by molar-refractivity contribution is -0.167. The monoisotopic (exact) mass is 503 g/mol. The first kappa shape index (κ1) is 24.9. The lowest BCUT2D eigenvalue weighted by Gasteiger charge is -2.41. The Morgan fingerprint density at radius 3 is 2.84 bits per heavy atom. The number of aryl methyl sites for hydroxylation is 2. The van der Waals surface area contributed by atoms with Crippen molar-refractivity contribution in [2.45, 2.75) is 76.7 Å². The molecule has 2 atom stereocenters. The Kier molecular flexibility index (Phi) is 6.67. The Bertz CT molecular complexity index is 1420. The summed E-state index contributed by atoms with van der Waals surface area (Å²) in [4.78, 5) is 21.9. The molecule has 3 aromatic rings. The number of carbonyl (C=O) groups excluding carboxylic acids is 1. The van der Waals surface area contributed by atoms with E-state index in [9.17, 15) is 14.3 Å². The molecule has 1 N–H and O–H groups in total. The summed E-state index contributed by atoms with van der Waals surface area (Å²) in [6.45, 7) is 3.57. The van der Waals surface area contributed by atoms with E-state index in [4.69, 9.17) is 10.00 Å². The van der Waals surface area contributed by atoms with Gasteiger partial charge in [-0.3, -0.25) is 0 Å². The van der Waals surface area contributed by atoms with Gasteiger partial charge < -0.3 is 9.84 Å². The van der Waals surface area contributed by atoms with Crippen LogP contribution in [0.25, 0.3) is 5.78 Å². The zero-order chi connectivity index (χ0) is 26.2. The fraction of sp³-hybridized carbons (Fsp3) is 0.464. The third-order valence-corrected chi connectivity index (χ3v) is 7.72. The summed E-state index contributed by atoms with van der Waals surface area (Å²) < 4.78 is 22.4. The van der Waals surface area contributed by atoms with E-state index in [0.29, 0.717) is 30.0 Å². The number of benzene rings is 1. The number of hydrogen-bond donors (Lipinski definition) is 1. The Hall–Kier alpha value is -3.80. The number of aromatic nitrogens is 4. The van der Waals surface area contributed by atoms with Gasteiger partial charge in [0.2, 0.25) is 0 Å². The normalized spacial score (nSPS) is 21.3. The second-order valence-electron chi connectivity index (χ2n) is 10.3. The van der Waals surface area contributed by atoms with E-state index in [1.807, 2.05) is 13.0 Å². The van der Waals surface area contributed by atoms with Gasteiger partial charge in [0.1, 0.15) is 17.2 Å². The van der Waals surface area contributed by atoms with Crippen molar-refractivity contribution >= 4 is 11.7 Å². The third kappa shape index (κ3) is 4.93. The van der Waals surface area contributed by atoms with E-state index in [-0.39, 0.29) is 30.1 Å². The van der Waals surface area contributed by atoms with E-state index < -0.39 is 23.3 Å². The number of cyclic esters (lactones) is 1. The first-order chi connectivity index (χ1) is 17.8. The van der Waals surface area contributed by atoms with Crippen LogP contribution in [0.1, 0.15) is 73.9 Å². The molecule has 192 valence electrons. The van der Waals surface area contributed by atoms with E-state index in [2.05, 4.69) is 21.1 Å². The number of nitriles is 1. The number of aliphatic hydroxyl groups is 1. The van der Waals surface area contributed by atoms with Crippen molar-refractivity contribution in [3.05, 3.63) is 70.3 Å². The highest BCUT2D eigenvalue weighted by Crippen LogP contribution is 2.46. The quantitative estimate of drug-likeness (QED) is 0.448. The van der Waals surface area contributed by atoms with Crippen LogP contribution in [0.2, 0.25) is 0 Å². The van der Waals surface area contributed by atoms with Gasteiger partial charge >= 0.3 is 5.97 Å². The minimum absolute atomic E-state index is 0.00974. The summed E-state index contributed by atoms with van der Waals surface area (Å²) in [5.74, 6) is -0.542. The molecule has 1 saturated carbocycles. The lowest BCUT2D eigenvalue weighted by Crippen LogP contribution is -2.46. The largest absolute Gasteiger partial charge is 0.512 e. The number of carbonyl (C=O) groups is 1. The van der Waals surface area contributed by atoms with Crippen molar-refractivity contribution < 1.29 is 19.0 Å². The third-order valence-electron chi connectivity index (χ3n) is 7.72. The predicted molar refractivity (Wildman–Crippen MR) is 133 cm³/mol. The molecule has 2 aromatic heterocycles. The van der Waals surface area contributed by atoms with Gasteiger partial charge in [-0.25, -0.2) is 18.7 Å². The van der Waals surface area contributed by atoms with Gasteiger partial charge in [0.05, 0.1) is 17.6 Å². The van der Waals surface area contributed by atoms with Crippen LogP contribution in [-0.2, 0) is 22.4 Å². The molecular weight excluding hydrogens is 473 g/mol. The van der Waals surface area contributed by atoms with Crippen LogP contribution in [0, 0.1) is 30.0 Å². The van der Waals surface area contributed by atoms with Crippen molar-refractivity contribution in [3.63, 3.8) is 0 Å². The summed E-state index contributed by atoms with van der Waals surface area (Å²) >= 11 is 0. The van der Waals surface area contributed by atoms with Gasteiger partial charge in [0.25, 0.3) is 5.78 Å². The number of aliphatic hydroxyl groups excluding tert-OH is 1. The topological polar surface area (TPSA) is 113 Å². The molecule has 0 radical (unpaired) electrons. The molecule has 0 bridgehead atoms. The van der Waals surface area contributed by atoms with Gasteiger partial charge in [-0.05, 0) is 62.6 Å². The molecule has 5 rings (SSSR count). The van der Waals surface area contributed by atoms with Crippen LogP contribution in [0.4, 0.5) is 4.39 Å². The van der Waals surface area contributed by atoms with Crippen LogP contribution in [0.3, 0.4) is 0 Å². The summed E-state index contributed by atoms with van der Waals surface area (Å²) in [5, 5.41) is 24.6. The minimum atomic E-state index is -0.846. The smallest absolute Gasteiger partial charge is 0.338 e. The Labute approximate surface area is 214 Å². The average Bonchev–Trinajstić information content (AvgIpc) is 3.55. The van der Waals surface area contributed by atoms with Crippen LogP contribution in [-0.4, -0.2) is 36.3 Å². The zero-order valence-corrected chi connectivity index (χ0v) is 21.1. The van der Waals surface area contributed by atoms with Gasteiger partial charge in [-0.2, -0.15) is 10.2 Å². The lowest BCUT2D eigenvalue weighted by atomic mass is 9.76. The van der Waals surface area contributed by atoms with Crippen LogP contribution in [0.5, 0.6) is 0 Å². The van der Waals surface area contributed by atoms with E-state index >= 15 is 0 Å². The van der Waals surface area contributed by atoms with Crippen LogP contribution in [0.15, 0.2) is 41.9 Å². The highest BCUT2D eigenvalue weighted by Gasteiger charge is 2.48. The number of fused-ring (bicyclic) bond motifs is 1. The molecule has 0 amide bonds. The molecular formula is C28H30FN5O3. The molecule has 3 heterocycles. The van der Waals surface area contributed by atoms with Crippen LogP contribution >= 0.6 is 0 Å². The van der Waals surface area contributed by atoms with E-state index in [0.717, 1.165) is 36.8 Å². The van der Waals surface area contributed by atoms with Gasteiger partial charge in [0.15, 0.2) is 5.82 Å². The standard InChI is InChI=1S/C28H30FN5O3/c1-17-15-31-27-32-25(33-34(27)16-17)12-22-24(35)13-28(37-26(22)36,20-5-3-4-6-20)10-9-19-7-8-21(18(2)14-30)23(29)11-19/h7-8,11,15-16,18,20,35H,3-6,9-10,12-13H2,1-2H3. The van der Waals surface area contributed by atoms with Crippen molar-refractivity contribution in [2.24, 2.45) is 5.92 Å². The minimum Gasteiger partial charge on any atom is -0.512 e. The van der Waals surface area contributed by atoms with Gasteiger partial charge in [-0.15, -0.1) is 5.10 Å². The number of ether oxygens (including phenoxy) is 1. The van der Waals surface area contributed by atoms with Gasteiger partial charge in [0, 0.05) is 30.8 Å². The van der Waals surface area contributed by atoms with Gasteiger partial charge in [-0.1, -0.05) is 25.0 Å². The van der Waals surface area contributed by atoms with E-state index in [1.165, 1.54) is 6.07 Å². The number of halogens is 1. The number of nitrogens with zero attached hydrogens (tertiary/aromatic N) is 5. The van der Waals surface area contributed by atoms with E-state index in [1.54, 1.807) is 29.9 Å². The molecule has 1 fully saturated rings. The molecule has 1 aromatic carbocycles. The molecule has 2 unspecified atom stereocenters. The highest BCUT2D eigenvalue weighted by molar-refractivity contribution is 5.90. The molecule has 8 nitrogen and oxygen atoms in total. The van der Waals surface area contributed by atoms with Crippen molar-refractivity contribution in [1.82, 2.24) is 19.6 Å². The number of rotatable bonds is 7. The first-order valence-electron chi connectivity index (χ1n) is 12.8. The summed E-state index contributed by atoms with van der Waals surface area (Å²) in [6, 6.07) is 7.00. The zero-order valence-electron chi connectivity index (χ0n) is 21.1. The Morgan fingerprint density at radius 2 is 2.14 bits per heavy atom. The van der Waals surface area contributed by atoms with Crippen molar-refractivity contribution in [1.29, 1.82) is 5.26 Å². The number of esters is 1. The number of hydrogen-bond acceptors (Lipinski definition) is 7.